The summed E-state index contributed by atoms with van der Waals surface area (Å²) in [5.41, 5.74) is 0. The molecule has 1 aromatic heterocycles. The number of ether oxygens (including phenoxy) is 1. The third-order valence-electron chi connectivity index (χ3n) is 3.89. The molecule has 21 heavy (non-hydrogen) atoms. The van der Waals surface area contributed by atoms with Crippen LogP contribution in [0.1, 0.15) is 20.8 Å². The molecule has 2 heterocycles. The van der Waals surface area contributed by atoms with Gasteiger partial charge in [-0.25, -0.2) is 13.6 Å². The van der Waals surface area contributed by atoms with Gasteiger partial charge in [-0.2, -0.15) is 5.10 Å². The number of nitrogens with zero attached hydrogens (tertiary/aromatic N) is 2. The van der Waals surface area contributed by atoms with Gasteiger partial charge in [0.05, 0.1) is 18.1 Å². The highest BCUT2D eigenvalue weighted by atomic mass is 32.2. The Balaban J connectivity index is 2.25. The quantitative estimate of drug-likeness (QED) is 0.818. The lowest BCUT2D eigenvalue weighted by molar-refractivity contribution is -0.122. The highest BCUT2D eigenvalue weighted by Gasteiger charge is 2.42. The zero-order valence-corrected chi connectivity index (χ0v) is 13.2. The number of aromatic nitrogens is 2. The van der Waals surface area contributed by atoms with Crippen LogP contribution in [0, 0.1) is 11.8 Å². The Hall–Kier alpha value is -1.45. The molecule has 1 aromatic rings. The van der Waals surface area contributed by atoms with Crippen molar-refractivity contribution in [3.05, 3.63) is 6.20 Å². The minimum absolute atomic E-state index is 0.0293. The number of primary sulfonamides is 1. The van der Waals surface area contributed by atoms with Crippen molar-refractivity contribution in [2.45, 2.75) is 37.9 Å². The van der Waals surface area contributed by atoms with E-state index in [-0.39, 0.29) is 40.7 Å². The van der Waals surface area contributed by atoms with E-state index in [1.165, 1.54) is 10.9 Å². The Bertz CT molecular complexity index is 654. The second kappa shape index (κ2) is 5.39. The van der Waals surface area contributed by atoms with E-state index in [0.717, 1.165) is 0 Å². The van der Waals surface area contributed by atoms with Gasteiger partial charge in [0, 0.05) is 13.2 Å². The number of amides is 1. The molecule has 1 aliphatic heterocycles. The first-order valence-corrected chi connectivity index (χ1v) is 8.18. The van der Waals surface area contributed by atoms with Gasteiger partial charge in [-0.15, -0.1) is 0 Å². The molecule has 0 spiro atoms. The minimum atomic E-state index is -3.95. The van der Waals surface area contributed by atoms with Gasteiger partial charge < -0.3 is 10.1 Å². The third kappa shape index (κ3) is 3.09. The first kappa shape index (κ1) is 15.9. The van der Waals surface area contributed by atoms with Crippen LogP contribution in [-0.4, -0.2) is 36.3 Å². The summed E-state index contributed by atoms with van der Waals surface area (Å²) in [7, 11) is -2.40. The molecule has 4 atom stereocenters. The molecular formula is C12H20N4O4S. The lowest BCUT2D eigenvalue weighted by atomic mass is 9.89. The van der Waals surface area contributed by atoms with Gasteiger partial charge >= 0.3 is 0 Å². The summed E-state index contributed by atoms with van der Waals surface area (Å²) in [6.45, 7) is 5.66. The number of hydrogen-bond donors (Lipinski definition) is 2. The largest absolute Gasteiger partial charge is 0.374 e. The molecular weight excluding hydrogens is 296 g/mol. The van der Waals surface area contributed by atoms with Crippen molar-refractivity contribution >= 4 is 21.7 Å². The van der Waals surface area contributed by atoms with Crippen LogP contribution in [0.25, 0.3) is 0 Å². The maximum atomic E-state index is 12.4. The van der Waals surface area contributed by atoms with Crippen molar-refractivity contribution in [3.63, 3.8) is 0 Å². The number of anilines is 1. The normalized spacial score (nSPS) is 29.6. The molecule has 1 amide bonds. The summed E-state index contributed by atoms with van der Waals surface area (Å²) < 4.78 is 29.9. The van der Waals surface area contributed by atoms with Gasteiger partial charge in [0.2, 0.25) is 15.9 Å². The van der Waals surface area contributed by atoms with Crippen LogP contribution in [0.2, 0.25) is 0 Å². The van der Waals surface area contributed by atoms with Gasteiger partial charge in [-0.1, -0.05) is 6.92 Å². The molecule has 1 fully saturated rings. The summed E-state index contributed by atoms with van der Waals surface area (Å²) in [6.07, 6.45) is 0.986. The van der Waals surface area contributed by atoms with Crippen LogP contribution in [0.3, 0.4) is 0 Å². The highest BCUT2D eigenvalue weighted by molar-refractivity contribution is 7.89. The number of nitrogens with two attached hydrogens (primary N) is 1. The molecule has 9 heteroatoms. The SMILES string of the molecule is CC1OC(C)C(C(=O)Nc2nn(C)cc2S(N)(=O)=O)C1C. The van der Waals surface area contributed by atoms with Gasteiger partial charge in [0.15, 0.2) is 5.82 Å². The molecule has 118 valence electrons. The topological polar surface area (TPSA) is 116 Å². The molecule has 1 aliphatic rings. The third-order valence-corrected chi connectivity index (χ3v) is 4.80. The number of aryl methyl sites for hydroxylation is 1. The molecule has 1 saturated heterocycles. The van der Waals surface area contributed by atoms with E-state index >= 15 is 0 Å². The smallest absolute Gasteiger partial charge is 0.243 e. The summed E-state index contributed by atoms with van der Waals surface area (Å²) in [5, 5.41) is 11.6. The van der Waals surface area contributed by atoms with Crippen LogP contribution < -0.4 is 10.5 Å². The molecule has 0 bridgehead atoms. The molecule has 0 aromatic carbocycles. The van der Waals surface area contributed by atoms with E-state index in [1.807, 2.05) is 20.8 Å². The summed E-state index contributed by atoms with van der Waals surface area (Å²) >= 11 is 0. The van der Waals surface area contributed by atoms with Gasteiger partial charge in [0.25, 0.3) is 0 Å². The van der Waals surface area contributed by atoms with E-state index in [4.69, 9.17) is 9.88 Å². The zero-order chi connectivity index (χ0) is 15.9. The fraction of sp³-hybridized carbons (Fsp3) is 0.667. The Morgan fingerprint density at radius 2 is 2.00 bits per heavy atom. The van der Waals surface area contributed by atoms with Crippen molar-refractivity contribution in [3.8, 4) is 0 Å². The van der Waals surface area contributed by atoms with Gasteiger partial charge in [-0.3, -0.25) is 9.48 Å². The standard InChI is InChI=1S/C12H20N4O4S/c1-6-7(2)20-8(3)10(6)12(17)14-11-9(21(13,18)19)5-16(4)15-11/h5-8,10H,1-4H3,(H2,13,18,19)(H,14,15,17). The fourth-order valence-corrected chi connectivity index (χ4v) is 3.34. The van der Waals surface area contributed by atoms with Crippen molar-refractivity contribution in [1.82, 2.24) is 9.78 Å². The van der Waals surface area contributed by atoms with Crippen LogP contribution in [0.4, 0.5) is 5.82 Å². The van der Waals surface area contributed by atoms with Crippen LogP contribution >= 0.6 is 0 Å². The predicted octanol–water partition coefficient (Wildman–Crippen LogP) is 0.0655. The van der Waals surface area contributed by atoms with Crippen molar-refractivity contribution < 1.29 is 17.9 Å². The Morgan fingerprint density at radius 3 is 2.48 bits per heavy atom. The zero-order valence-electron chi connectivity index (χ0n) is 12.4. The lowest BCUT2D eigenvalue weighted by Crippen LogP contribution is -2.32. The Morgan fingerprint density at radius 1 is 1.38 bits per heavy atom. The highest BCUT2D eigenvalue weighted by Crippen LogP contribution is 2.33. The fourth-order valence-electron chi connectivity index (χ4n) is 2.68. The summed E-state index contributed by atoms with van der Waals surface area (Å²) in [6, 6.07) is 0. The second-order valence-corrected chi connectivity index (χ2v) is 7.01. The number of carbonyl (C=O) groups excluding carboxylic acids is 1. The first-order chi connectivity index (χ1) is 9.61. The number of hydrogen-bond acceptors (Lipinski definition) is 5. The number of rotatable bonds is 3. The van der Waals surface area contributed by atoms with Gasteiger partial charge in [0.1, 0.15) is 4.90 Å². The number of sulfonamides is 1. The average molecular weight is 316 g/mol. The van der Waals surface area contributed by atoms with E-state index in [0.29, 0.717) is 0 Å². The van der Waals surface area contributed by atoms with E-state index in [9.17, 15) is 13.2 Å². The van der Waals surface area contributed by atoms with Crippen molar-refractivity contribution in [2.24, 2.45) is 24.0 Å². The number of carbonyl (C=O) groups is 1. The molecule has 4 unspecified atom stereocenters. The Labute approximate surface area is 123 Å². The summed E-state index contributed by atoms with van der Waals surface area (Å²) in [4.78, 5) is 12.2. The van der Waals surface area contributed by atoms with Crippen LogP contribution in [0.5, 0.6) is 0 Å². The molecule has 0 aliphatic carbocycles. The van der Waals surface area contributed by atoms with Crippen molar-refractivity contribution in [1.29, 1.82) is 0 Å². The molecule has 2 rings (SSSR count). The lowest BCUT2D eigenvalue weighted by Gasteiger charge is -2.17. The summed E-state index contributed by atoms with van der Waals surface area (Å²) in [5.74, 6) is -0.705. The monoisotopic (exact) mass is 316 g/mol. The minimum Gasteiger partial charge on any atom is -0.374 e. The predicted molar refractivity (Wildman–Crippen MR) is 75.9 cm³/mol. The van der Waals surface area contributed by atoms with E-state index in [1.54, 1.807) is 7.05 Å². The van der Waals surface area contributed by atoms with E-state index in [2.05, 4.69) is 10.4 Å². The van der Waals surface area contributed by atoms with Gasteiger partial charge in [-0.05, 0) is 19.8 Å². The molecule has 0 saturated carbocycles. The van der Waals surface area contributed by atoms with Crippen LogP contribution in [-0.2, 0) is 26.6 Å². The maximum absolute atomic E-state index is 12.4. The molecule has 3 N–H and O–H groups in total. The molecule has 0 radical (unpaired) electrons. The first-order valence-electron chi connectivity index (χ1n) is 6.64. The maximum Gasteiger partial charge on any atom is 0.243 e. The van der Waals surface area contributed by atoms with E-state index < -0.39 is 10.0 Å². The van der Waals surface area contributed by atoms with Crippen LogP contribution in [0.15, 0.2) is 11.1 Å². The average Bonchev–Trinajstić information content (AvgIpc) is 2.80. The Kier molecular flexibility index (Phi) is 4.09. The molecule has 8 nitrogen and oxygen atoms in total. The van der Waals surface area contributed by atoms with Crippen molar-refractivity contribution in [2.75, 3.05) is 5.32 Å². The second-order valence-electron chi connectivity index (χ2n) is 5.48. The number of nitrogens with one attached hydrogen (secondary N) is 1.